The van der Waals surface area contributed by atoms with Gasteiger partial charge in [-0.15, -0.1) is 0 Å². The first-order valence-electron chi connectivity index (χ1n) is 11.3. The second kappa shape index (κ2) is 11.3. The van der Waals surface area contributed by atoms with Crippen LogP contribution in [-0.2, 0) is 14.3 Å². The van der Waals surface area contributed by atoms with Gasteiger partial charge in [-0.2, -0.15) is 0 Å². The molecule has 35 heavy (non-hydrogen) atoms. The summed E-state index contributed by atoms with van der Waals surface area (Å²) >= 11 is 0. The maximum absolute atomic E-state index is 12.2. The van der Waals surface area contributed by atoms with Crippen LogP contribution < -0.4 is 10.6 Å². The number of carbonyl (C=O) groups excluding carboxylic acids is 2. The highest BCUT2D eigenvalue weighted by Gasteiger charge is 2.28. The fourth-order valence-electron chi connectivity index (χ4n) is 4.13. The summed E-state index contributed by atoms with van der Waals surface area (Å²) in [6, 6.07) is 22.4. The molecule has 180 valence electrons. The number of nitrogens with one attached hydrogen (secondary N) is 2. The molecule has 8 nitrogen and oxygen atoms in total. The van der Waals surface area contributed by atoms with Crippen molar-refractivity contribution < 1.29 is 29.0 Å². The van der Waals surface area contributed by atoms with Gasteiger partial charge in [0.25, 0.3) is 0 Å². The van der Waals surface area contributed by atoms with Gasteiger partial charge in [-0.1, -0.05) is 60.7 Å². The van der Waals surface area contributed by atoms with Gasteiger partial charge in [0.2, 0.25) is 5.91 Å². The molecule has 0 aromatic heterocycles. The zero-order valence-corrected chi connectivity index (χ0v) is 19.0. The lowest BCUT2D eigenvalue weighted by atomic mass is 9.98. The third-order valence-electron chi connectivity index (χ3n) is 5.76. The molecule has 0 atom stereocenters. The van der Waals surface area contributed by atoms with Crippen molar-refractivity contribution in [1.82, 2.24) is 5.32 Å². The largest absolute Gasteiger partial charge is 0.478 e. The Morgan fingerprint density at radius 2 is 1.46 bits per heavy atom. The van der Waals surface area contributed by atoms with E-state index in [1.54, 1.807) is 12.1 Å². The Bertz CT molecular complexity index is 1180. The van der Waals surface area contributed by atoms with Crippen LogP contribution in [0, 0.1) is 0 Å². The van der Waals surface area contributed by atoms with Crippen molar-refractivity contribution in [1.29, 1.82) is 0 Å². The third kappa shape index (κ3) is 5.85. The summed E-state index contributed by atoms with van der Waals surface area (Å²) in [7, 11) is 0. The minimum atomic E-state index is -1.11. The molecule has 3 aromatic rings. The number of amides is 2. The highest BCUT2D eigenvalue weighted by atomic mass is 16.5. The second-order valence-corrected chi connectivity index (χ2v) is 8.01. The molecule has 1 aliphatic rings. The van der Waals surface area contributed by atoms with Crippen molar-refractivity contribution in [2.24, 2.45) is 0 Å². The van der Waals surface area contributed by atoms with Crippen molar-refractivity contribution >= 4 is 23.7 Å². The normalized spacial score (nSPS) is 11.9. The summed E-state index contributed by atoms with van der Waals surface area (Å²) in [6.07, 6.45) is -0.475. The molecule has 0 saturated carbocycles. The van der Waals surface area contributed by atoms with E-state index in [-0.39, 0.29) is 55.9 Å². The smallest absolute Gasteiger partial charge is 0.407 e. The average Bonchev–Trinajstić information content (AvgIpc) is 3.18. The number of hydrogen-bond acceptors (Lipinski definition) is 5. The molecule has 0 radical (unpaired) electrons. The van der Waals surface area contributed by atoms with E-state index in [1.807, 2.05) is 24.3 Å². The number of alkyl carbamates (subject to hydrolysis) is 1. The van der Waals surface area contributed by atoms with Crippen LogP contribution in [0.15, 0.2) is 72.8 Å². The zero-order valence-electron chi connectivity index (χ0n) is 19.0. The maximum atomic E-state index is 12.2. The lowest BCUT2D eigenvalue weighted by Crippen LogP contribution is -2.29. The van der Waals surface area contributed by atoms with Crippen LogP contribution >= 0.6 is 0 Å². The summed E-state index contributed by atoms with van der Waals surface area (Å²) in [5.74, 6) is -1.48. The number of hydrogen-bond donors (Lipinski definition) is 3. The number of carboxylic acid groups (broad SMARTS) is 1. The number of para-hydroxylation sites is 1. The lowest BCUT2D eigenvalue weighted by Gasteiger charge is -2.14. The van der Waals surface area contributed by atoms with E-state index in [0.29, 0.717) is 0 Å². The summed E-state index contributed by atoms with van der Waals surface area (Å²) < 4.78 is 10.9. The number of aromatic carboxylic acids is 1. The Labute approximate surface area is 202 Å². The van der Waals surface area contributed by atoms with E-state index in [0.717, 1.165) is 11.1 Å². The quantitative estimate of drug-likeness (QED) is 0.378. The molecule has 0 bridgehead atoms. The number of fused-ring (bicyclic) bond motifs is 3. The molecular weight excluding hydrogens is 448 g/mol. The standard InChI is InChI=1S/C27H26N2O6/c30-25(29-24-12-6-5-11-22(24)26(31)32)13-15-34-16-14-28-27(33)35-17-23-20-9-3-1-7-18(20)19-8-2-4-10-21(19)23/h1-12,23H,13-17H2,(H,28,33)(H,29,30)(H,31,32). The zero-order chi connectivity index (χ0) is 24.6. The summed E-state index contributed by atoms with van der Waals surface area (Å²) in [6.45, 7) is 0.815. The van der Waals surface area contributed by atoms with E-state index in [4.69, 9.17) is 14.6 Å². The van der Waals surface area contributed by atoms with Gasteiger partial charge < -0.3 is 25.2 Å². The number of ether oxygens (including phenoxy) is 2. The number of anilines is 1. The minimum absolute atomic E-state index is 0.00540. The molecule has 0 spiro atoms. The molecular formula is C27H26N2O6. The highest BCUT2D eigenvalue weighted by molar-refractivity contribution is 6.00. The van der Waals surface area contributed by atoms with Gasteiger partial charge in [-0.05, 0) is 34.4 Å². The number of carbonyl (C=O) groups is 3. The third-order valence-corrected chi connectivity index (χ3v) is 5.76. The van der Waals surface area contributed by atoms with Gasteiger partial charge in [0.05, 0.1) is 30.9 Å². The van der Waals surface area contributed by atoms with E-state index >= 15 is 0 Å². The van der Waals surface area contributed by atoms with E-state index in [2.05, 4.69) is 34.9 Å². The van der Waals surface area contributed by atoms with E-state index < -0.39 is 12.1 Å². The fraction of sp³-hybridized carbons (Fsp3) is 0.222. The molecule has 3 aromatic carbocycles. The SMILES string of the molecule is O=C(CCOCCNC(=O)OCC1c2ccccc2-c2ccccc21)Nc1ccccc1C(=O)O. The first-order chi connectivity index (χ1) is 17.0. The Balaban J connectivity index is 1.14. The Morgan fingerprint density at radius 1 is 0.829 bits per heavy atom. The van der Waals surface area contributed by atoms with Gasteiger partial charge >= 0.3 is 12.1 Å². The number of rotatable bonds is 10. The van der Waals surface area contributed by atoms with Crippen LogP contribution in [0.5, 0.6) is 0 Å². The molecule has 0 fully saturated rings. The minimum Gasteiger partial charge on any atom is -0.478 e. The van der Waals surface area contributed by atoms with Crippen molar-refractivity contribution in [3.63, 3.8) is 0 Å². The lowest BCUT2D eigenvalue weighted by molar-refractivity contribution is -0.117. The molecule has 0 heterocycles. The van der Waals surface area contributed by atoms with Crippen molar-refractivity contribution in [3.8, 4) is 11.1 Å². The van der Waals surface area contributed by atoms with Crippen molar-refractivity contribution in [2.45, 2.75) is 12.3 Å². The fourth-order valence-corrected chi connectivity index (χ4v) is 4.13. The van der Waals surface area contributed by atoms with Crippen LogP contribution in [0.4, 0.5) is 10.5 Å². The molecule has 4 rings (SSSR count). The molecule has 0 aliphatic heterocycles. The van der Waals surface area contributed by atoms with Crippen molar-refractivity contribution in [2.75, 3.05) is 31.7 Å². The molecule has 2 amide bonds. The molecule has 0 unspecified atom stereocenters. The maximum Gasteiger partial charge on any atom is 0.407 e. The highest BCUT2D eigenvalue weighted by Crippen LogP contribution is 2.44. The summed E-state index contributed by atoms with van der Waals surface area (Å²) in [4.78, 5) is 35.4. The van der Waals surface area contributed by atoms with Gasteiger partial charge in [0.1, 0.15) is 6.61 Å². The molecule has 0 saturated heterocycles. The van der Waals surface area contributed by atoms with Gasteiger partial charge in [-0.25, -0.2) is 9.59 Å². The topological polar surface area (TPSA) is 114 Å². The van der Waals surface area contributed by atoms with Crippen molar-refractivity contribution in [3.05, 3.63) is 89.5 Å². The number of benzene rings is 3. The van der Waals surface area contributed by atoms with Gasteiger partial charge in [0, 0.05) is 12.5 Å². The predicted molar refractivity (Wildman–Crippen MR) is 131 cm³/mol. The van der Waals surface area contributed by atoms with Crippen LogP contribution in [0.2, 0.25) is 0 Å². The summed E-state index contributed by atoms with van der Waals surface area (Å²) in [5, 5.41) is 14.4. The van der Waals surface area contributed by atoms with E-state index in [1.165, 1.54) is 23.3 Å². The van der Waals surface area contributed by atoms with Crippen LogP contribution in [-0.4, -0.2) is 49.4 Å². The summed E-state index contributed by atoms with van der Waals surface area (Å²) in [5.41, 5.74) is 4.89. The van der Waals surface area contributed by atoms with Gasteiger partial charge in [0.15, 0.2) is 0 Å². The monoisotopic (exact) mass is 474 g/mol. The predicted octanol–water partition coefficient (Wildman–Crippen LogP) is 4.27. The Morgan fingerprint density at radius 3 is 2.14 bits per heavy atom. The van der Waals surface area contributed by atoms with Crippen LogP contribution in [0.1, 0.15) is 33.8 Å². The average molecular weight is 475 g/mol. The first kappa shape index (κ1) is 24.0. The number of carboxylic acids is 1. The van der Waals surface area contributed by atoms with Crippen LogP contribution in [0.25, 0.3) is 11.1 Å². The van der Waals surface area contributed by atoms with Crippen LogP contribution in [0.3, 0.4) is 0 Å². The Kier molecular flexibility index (Phi) is 7.74. The molecule has 3 N–H and O–H groups in total. The second-order valence-electron chi connectivity index (χ2n) is 8.01. The molecule has 1 aliphatic carbocycles. The molecule has 8 heteroatoms. The van der Waals surface area contributed by atoms with E-state index in [9.17, 15) is 14.4 Å². The Hall–Kier alpha value is -4.17. The first-order valence-corrected chi connectivity index (χ1v) is 11.3. The van der Waals surface area contributed by atoms with Gasteiger partial charge in [-0.3, -0.25) is 4.79 Å².